The maximum Gasteiger partial charge on any atom is 0.339 e. The van der Waals surface area contributed by atoms with Crippen molar-refractivity contribution in [1.82, 2.24) is 0 Å². The molecule has 0 radical (unpaired) electrons. The van der Waals surface area contributed by atoms with Gasteiger partial charge in [-0.3, -0.25) is 4.84 Å². The van der Waals surface area contributed by atoms with Crippen LogP contribution in [0.1, 0.15) is 15.9 Å². The Hall–Kier alpha value is -1.66. The second kappa shape index (κ2) is 4.72. The van der Waals surface area contributed by atoms with E-state index in [0.717, 1.165) is 6.07 Å². The third-order valence-corrected chi connectivity index (χ3v) is 1.79. The van der Waals surface area contributed by atoms with Gasteiger partial charge in [0, 0.05) is 0 Å². The predicted molar refractivity (Wildman–Crippen MR) is 48.9 cm³/mol. The quantitative estimate of drug-likeness (QED) is 0.730. The Kier molecular flexibility index (Phi) is 3.59. The SMILES string of the molecule is COc1c(F)cc(CON)cc1C(=O)O. The molecule has 0 fully saturated rings. The predicted octanol–water partition coefficient (Wildman–Crippen LogP) is 0.923. The Balaban J connectivity index is 3.25. The highest BCUT2D eigenvalue weighted by Crippen LogP contribution is 2.24. The van der Waals surface area contributed by atoms with Gasteiger partial charge in [0.05, 0.1) is 13.7 Å². The molecule has 0 spiro atoms. The molecule has 0 saturated heterocycles. The van der Waals surface area contributed by atoms with Crippen LogP contribution in [-0.4, -0.2) is 18.2 Å². The highest BCUT2D eigenvalue weighted by molar-refractivity contribution is 5.91. The third-order valence-electron chi connectivity index (χ3n) is 1.79. The summed E-state index contributed by atoms with van der Waals surface area (Å²) < 4.78 is 18.0. The largest absolute Gasteiger partial charge is 0.493 e. The number of carbonyl (C=O) groups is 1. The van der Waals surface area contributed by atoms with Crippen molar-refractivity contribution in [3.05, 3.63) is 29.1 Å². The van der Waals surface area contributed by atoms with Crippen molar-refractivity contribution in [1.29, 1.82) is 0 Å². The van der Waals surface area contributed by atoms with Crippen LogP contribution in [0, 0.1) is 5.82 Å². The van der Waals surface area contributed by atoms with Crippen LogP contribution in [0.5, 0.6) is 5.75 Å². The lowest BCUT2D eigenvalue weighted by molar-refractivity contribution is 0.0691. The van der Waals surface area contributed by atoms with Crippen molar-refractivity contribution in [2.24, 2.45) is 5.90 Å². The zero-order valence-electron chi connectivity index (χ0n) is 7.99. The minimum absolute atomic E-state index is 0.0683. The summed E-state index contributed by atoms with van der Waals surface area (Å²) >= 11 is 0. The minimum Gasteiger partial charge on any atom is -0.493 e. The second-order valence-electron chi connectivity index (χ2n) is 2.77. The Morgan fingerprint density at radius 3 is 2.73 bits per heavy atom. The molecule has 82 valence electrons. The molecular weight excluding hydrogens is 205 g/mol. The van der Waals surface area contributed by atoms with Gasteiger partial charge in [-0.15, -0.1) is 0 Å². The smallest absolute Gasteiger partial charge is 0.339 e. The lowest BCUT2D eigenvalue weighted by atomic mass is 10.1. The zero-order chi connectivity index (χ0) is 11.4. The van der Waals surface area contributed by atoms with Gasteiger partial charge >= 0.3 is 5.97 Å². The molecule has 1 aromatic rings. The van der Waals surface area contributed by atoms with Crippen molar-refractivity contribution >= 4 is 5.97 Å². The fourth-order valence-corrected chi connectivity index (χ4v) is 1.20. The Morgan fingerprint density at radius 1 is 1.60 bits per heavy atom. The van der Waals surface area contributed by atoms with Gasteiger partial charge in [0.1, 0.15) is 5.56 Å². The van der Waals surface area contributed by atoms with Gasteiger partial charge in [-0.25, -0.2) is 15.1 Å². The molecular formula is C9H10FNO4. The number of ether oxygens (including phenoxy) is 1. The van der Waals surface area contributed by atoms with E-state index in [0.29, 0.717) is 5.56 Å². The molecule has 0 aliphatic rings. The monoisotopic (exact) mass is 215 g/mol. The van der Waals surface area contributed by atoms with Crippen molar-refractivity contribution in [2.45, 2.75) is 6.61 Å². The summed E-state index contributed by atoms with van der Waals surface area (Å²) in [5.41, 5.74) is 0.0674. The molecule has 0 atom stereocenters. The van der Waals surface area contributed by atoms with Crippen molar-refractivity contribution < 1.29 is 23.9 Å². The van der Waals surface area contributed by atoms with E-state index in [1.165, 1.54) is 13.2 Å². The summed E-state index contributed by atoms with van der Waals surface area (Å²) in [5, 5.41) is 8.80. The number of hydrogen-bond acceptors (Lipinski definition) is 4. The Bertz CT molecular complexity index is 381. The summed E-state index contributed by atoms with van der Waals surface area (Å²) in [5.74, 6) is 2.47. The van der Waals surface area contributed by atoms with E-state index in [1.807, 2.05) is 0 Å². The molecule has 6 heteroatoms. The van der Waals surface area contributed by atoms with Crippen LogP contribution >= 0.6 is 0 Å². The van der Waals surface area contributed by atoms with Crippen LogP contribution in [0.15, 0.2) is 12.1 Å². The topological polar surface area (TPSA) is 81.8 Å². The molecule has 0 aromatic heterocycles. The summed E-state index contributed by atoms with van der Waals surface area (Å²) in [7, 11) is 1.20. The van der Waals surface area contributed by atoms with Gasteiger partial charge < -0.3 is 9.84 Å². The molecule has 0 unspecified atom stereocenters. The van der Waals surface area contributed by atoms with E-state index >= 15 is 0 Å². The molecule has 0 aliphatic carbocycles. The van der Waals surface area contributed by atoms with Crippen LogP contribution in [0.2, 0.25) is 0 Å². The van der Waals surface area contributed by atoms with Gasteiger partial charge in [0.25, 0.3) is 0 Å². The van der Waals surface area contributed by atoms with Crippen LogP contribution in [-0.2, 0) is 11.4 Å². The first-order chi connectivity index (χ1) is 7.10. The molecule has 1 aromatic carbocycles. The highest BCUT2D eigenvalue weighted by Gasteiger charge is 2.16. The number of halogens is 1. The molecule has 0 heterocycles. The molecule has 3 N–H and O–H groups in total. The maximum atomic E-state index is 13.3. The Labute approximate surface area is 85.2 Å². The van der Waals surface area contributed by atoms with Crippen molar-refractivity contribution in [3.8, 4) is 5.75 Å². The number of hydrogen-bond donors (Lipinski definition) is 2. The highest BCUT2D eigenvalue weighted by atomic mass is 19.1. The normalized spacial score (nSPS) is 10.1. The number of aromatic carboxylic acids is 1. The average molecular weight is 215 g/mol. The van der Waals surface area contributed by atoms with Gasteiger partial charge in [-0.1, -0.05) is 0 Å². The van der Waals surface area contributed by atoms with Crippen LogP contribution in [0.3, 0.4) is 0 Å². The standard InChI is InChI=1S/C9H10FNO4/c1-14-8-6(9(12)13)2-5(4-15-11)3-7(8)10/h2-3H,4,11H2,1H3,(H,12,13). The second-order valence-corrected chi connectivity index (χ2v) is 2.77. The van der Waals surface area contributed by atoms with E-state index < -0.39 is 11.8 Å². The van der Waals surface area contributed by atoms with E-state index in [-0.39, 0.29) is 17.9 Å². The zero-order valence-corrected chi connectivity index (χ0v) is 7.99. The molecule has 0 bridgehead atoms. The van der Waals surface area contributed by atoms with E-state index in [2.05, 4.69) is 9.57 Å². The van der Waals surface area contributed by atoms with Crippen LogP contribution in [0.4, 0.5) is 4.39 Å². The number of carboxylic acid groups (broad SMARTS) is 1. The summed E-state index contributed by atoms with van der Waals surface area (Å²) in [4.78, 5) is 15.1. The lowest BCUT2D eigenvalue weighted by Crippen LogP contribution is -2.06. The maximum absolute atomic E-state index is 13.3. The number of benzene rings is 1. The molecule has 1 rings (SSSR count). The first-order valence-corrected chi connectivity index (χ1v) is 4.01. The lowest BCUT2D eigenvalue weighted by Gasteiger charge is -2.08. The summed E-state index contributed by atoms with van der Waals surface area (Å²) in [6.07, 6.45) is 0. The average Bonchev–Trinajstić information content (AvgIpc) is 2.17. The van der Waals surface area contributed by atoms with E-state index in [4.69, 9.17) is 11.0 Å². The summed E-state index contributed by atoms with van der Waals surface area (Å²) in [6, 6.07) is 2.36. The minimum atomic E-state index is -1.27. The molecule has 5 nitrogen and oxygen atoms in total. The van der Waals surface area contributed by atoms with Crippen molar-refractivity contribution in [3.63, 3.8) is 0 Å². The van der Waals surface area contributed by atoms with Gasteiger partial charge in [-0.05, 0) is 17.7 Å². The molecule has 0 saturated carbocycles. The Morgan fingerprint density at radius 2 is 2.27 bits per heavy atom. The third kappa shape index (κ3) is 2.42. The first kappa shape index (κ1) is 11.4. The van der Waals surface area contributed by atoms with Crippen molar-refractivity contribution in [2.75, 3.05) is 7.11 Å². The van der Waals surface area contributed by atoms with Gasteiger partial charge in [-0.2, -0.15) is 0 Å². The summed E-state index contributed by atoms with van der Waals surface area (Å²) in [6.45, 7) is -0.0683. The number of rotatable bonds is 4. The molecule has 0 aliphatic heterocycles. The van der Waals surface area contributed by atoms with Crippen LogP contribution in [0.25, 0.3) is 0 Å². The number of methoxy groups -OCH3 is 1. The van der Waals surface area contributed by atoms with E-state index in [9.17, 15) is 9.18 Å². The number of nitrogens with two attached hydrogens (primary N) is 1. The fourth-order valence-electron chi connectivity index (χ4n) is 1.20. The molecule has 15 heavy (non-hydrogen) atoms. The van der Waals surface area contributed by atoms with Gasteiger partial charge in [0.2, 0.25) is 0 Å². The van der Waals surface area contributed by atoms with E-state index in [1.54, 1.807) is 0 Å². The first-order valence-electron chi connectivity index (χ1n) is 4.01. The number of carboxylic acids is 1. The van der Waals surface area contributed by atoms with Crippen LogP contribution < -0.4 is 10.6 Å². The fraction of sp³-hybridized carbons (Fsp3) is 0.222. The molecule has 0 amide bonds. The van der Waals surface area contributed by atoms with Gasteiger partial charge in [0.15, 0.2) is 11.6 Å².